The van der Waals surface area contributed by atoms with Crippen LogP contribution in [-0.4, -0.2) is 15.0 Å². The number of rotatable bonds is 6. The highest BCUT2D eigenvalue weighted by Gasteiger charge is 2.20. The summed E-state index contributed by atoms with van der Waals surface area (Å²) in [6.45, 7) is 0. The molecule has 3 heteroatoms. The van der Waals surface area contributed by atoms with Gasteiger partial charge in [-0.2, -0.15) is 0 Å². The van der Waals surface area contributed by atoms with Gasteiger partial charge in [0.05, 0.1) is 0 Å². The first-order chi connectivity index (χ1) is 32.7. The van der Waals surface area contributed by atoms with Crippen LogP contribution < -0.4 is 0 Å². The molecule has 0 saturated carbocycles. The zero-order valence-electron chi connectivity index (χ0n) is 35.9. The Hall–Kier alpha value is -8.79. The molecule has 0 bridgehead atoms. The van der Waals surface area contributed by atoms with Gasteiger partial charge in [0.2, 0.25) is 0 Å². The molecule has 0 N–H and O–H groups in total. The van der Waals surface area contributed by atoms with Gasteiger partial charge in [-0.25, -0.2) is 15.0 Å². The van der Waals surface area contributed by atoms with Gasteiger partial charge in [0.25, 0.3) is 0 Å². The quantitative estimate of drug-likeness (QED) is 0.157. The molecule has 0 unspecified atom stereocenters. The summed E-state index contributed by atoms with van der Waals surface area (Å²) < 4.78 is 0. The minimum atomic E-state index is 0.634. The lowest BCUT2D eigenvalue weighted by Gasteiger charge is -2.17. The summed E-state index contributed by atoms with van der Waals surface area (Å²) in [5, 5.41) is 14.7. The van der Waals surface area contributed by atoms with E-state index in [1.54, 1.807) is 0 Å². The number of aromatic nitrogens is 3. The maximum absolute atomic E-state index is 5.30. The molecule has 1 heterocycles. The summed E-state index contributed by atoms with van der Waals surface area (Å²) in [6.07, 6.45) is 0. The van der Waals surface area contributed by atoms with Gasteiger partial charge in [-0.15, -0.1) is 0 Å². The molecule has 3 nitrogen and oxygen atoms in total. The summed E-state index contributed by atoms with van der Waals surface area (Å²) in [4.78, 5) is 15.7. The third-order valence-electron chi connectivity index (χ3n) is 13.3. The van der Waals surface area contributed by atoms with Gasteiger partial charge in [0, 0.05) is 22.1 Å². The Morgan fingerprint density at radius 1 is 0.182 bits per heavy atom. The fourth-order valence-corrected chi connectivity index (χ4v) is 10.1. The van der Waals surface area contributed by atoms with Gasteiger partial charge in [-0.1, -0.05) is 206 Å². The first-order valence-corrected chi connectivity index (χ1v) is 22.5. The van der Waals surface area contributed by atoms with Gasteiger partial charge < -0.3 is 0 Å². The molecule has 306 valence electrons. The first kappa shape index (κ1) is 37.7. The Morgan fingerprint density at radius 2 is 0.515 bits per heavy atom. The Kier molecular flexibility index (Phi) is 8.85. The zero-order valence-corrected chi connectivity index (χ0v) is 35.9. The predicted molar refractivity (Wildman–Crippen MR) is 277 cm³/mol. The van der Waals surface area contributed by atoms with Crippen molar-refractivity contribution >= 4 is 64.6 Å². The van der Waals surface area contributed by atoms with Crippen LogP contribution in [0.15, 0.2) is 237 Å². The highest BCUT2D eigenvalue weighted by Crippen LogP contribution is 2.44. The third kappa shape index (κ3) is 6.32. The lowest BCUT2D eigenvalue weighted by molar-refractivity contribution is 1.08. The summed E-state index contributed by atoms with van der Waals surface area (Å²) in [5.41, 5.74) is 9.73. The van der Waals surface area contributed by atoms with E-state index in [2.05, 4.69) is 200 Å². The van der Waals surface area contributed by atoms with Crippen LogP contribution in [0.2, 0.25) is 0 Å². The van der Waals surface area contributed by atoms with Crippen LogP contribution in [0.1, 0.15) is 0 Å². The fourth-order valence-electron chi connectivity index (χ4n) is 10.1. The Morgan fingerprint density at radius 3 is 1.02 bits per heavy atom. The van der Waals surface area contributed by atoms with Gasteiger partial charge >= 0.3 is 0 Å². The predicted octanol–water partition coefficient (Wildman–Crippen LogP) is 16.8. The number of benzene rings is 12. The summed E-state index contributed by atoms with van der Waals surface area (Å²) in [6, 6.07) is 85.0. The molecule has 13 aromatic rings. The fraction of sp³-hybridized carbons (Fsp3) is 0. The minimum Gasteiger partial charge on any atom is -0.208 e. The van der Waals surface area contributed by atoms with Crippen molar-refractivity contribution in [2.45, 2.75) is 0 Å². The van der Waals surface area contributed by atoms with Crippen molar-refractivity contribution in [2.24, 2.45) is 0 Å². The van der Waals surface area contributed by atoms with E-state index in [0.29, 0.717) is 17.5 Å². The van der Waals surface area contributed by atoms with Crippen molar-refractivity contribution in [1.29, 1.82) is 0 Å². The maximum atomic E-state index is 5.30. The molecule has 12 aromatic carbocycles. The van der Waals surface area contributed by atoms with Crippen LogP contribution in [0.3, 0.4) is 0 Å². The lowest BCUT2D eigenvalue weighted by atomic mass is 9.88. The largest absolute Gasteiger partial charge is 0.208 e. The van der Waals surface area contributed by atoms with E-state index in [-0.39, 0.29) is 0 Å². The van der Waals surface area contributed by atoms with Gasteiger partial charge in [0.15, 0.2) is 17.5 Å². The molecule has 0 atom stereocenters. The first-order valence-electron chi connectivity index (χ1n) is 22.5. The lowest BCUT2D eigenvalue weighted by Crippen LogP contribution is -2.01. The second-order valence-corrected chi connectivity index (χ2v) is 17.1. The molecule has 0 aliphatic heterocycles. The normalized spacial score (nSPS) is 11.6. The Balaban J connectivity index is 0.998. The molecule has 0 radical (unpaired) electrons. The van der Waals surface area contributed by atoms with Crippen molar-refractivity contribution in [1.82, 2.24) is 15.0 Å². The molecule has 0 aliphatic rings. The topological polar surface area (TPSA) is 38.7 Å². The molecule has 0 fully saturated rings. The maximum Gasteiger partial charge on any atom is 0.164 e. The van der Waals surface area contributed by atoms with Crippen molar-refractivity contribution in [3.63, 3.8) is 0 Å². The molecule has 13 rings (SSSR count). The molecule has 0 amide bonds. The zero-order chi connectivity index (χ0) is 43.6. The highest BCUT2D eigenvalue weighted by molar-refractivity contribution is 6.29. The average Bonchev–Trinajstić information content (AvgIpc) is 3.41. The van der Waals surface area contributed by atoms with E-state index < -0.39 is 0 Å². The number of hydrogen-bond donors (Lipinski definition) is 0. The Bertz CT molecular complexity index is 3950. The third-order valence-corrected chi connectivity index (χ3v) is 13.3. The second-order valence-electron chi connectivity index (χ2n) is 17.1. The van der Waals surface area contributed by atoms with E-state index in [9.17, 15) is 0 Å². The van der Waals surface area contributed by atoms with Crippen LogP contribution in [0.4, 0.5) is 0 Å². The van der Waals surface area contributed by atoms with E-state index in [4.69, 9.17) is 15.0 Å². The number of fused-ring (bicyclic) bond motifs is 12. The molecular weight excluding hydrogens is 799 g/mol. The number of hydrogen-bond acceptors (Lipinski definition) is 3. The van der Waals surface area contributed by atoms with Gasteiger partial charge in [0.1, 0.15) is 0 Å². The molecule has 1 aromatic heterocycles. The molecule has 0 spiro atoms. The standard InChI is InChI=1S/C63H39N3/c1-3-17-40(18-4-1)61-64-62(41-19-5-2-6-20-41)66-63(65-61)59-39-47(38-58-54-31-12-10-28-51(54)52-29-13-14-32-56(52)60(58)59)45-24-16-22-43(36-45)42-21-15-23-44(35-42)46-33-34-55-50-27-8-7-25-48(50)49-26-9-11-30-53(49)57(55)37-46/h1-39H. The monoisotopic (exact) mass is 837 g/mol. The molecule has 66 heavy (non-hydrogen) atoms. The van der Waals surface area contributed by atoms with E-state index in [1.165, 1.54) is 59.6 Å². The van der Waals surface area contributed by atoms with E-state index in [0.717, 1.165) is 55.1 Å². The average molecular weight is 838 g/mol. The van der Waals surface area contributed by atoms with E-state index in [1.807, 2.05) is 36.4 Å². The van der Waals surface area contributed by atoms with Gasteiger partial charge in [-0.3, -0.25) is 0 Å². The van der Waals surface area contributed by atoms with E-state index >= 15 is 0 Å². The van der Waals surface area contributed by atoms with Crippen molar-refractivity contribution in [2.75, 3.05) is 0 Å². The smallest absolute Gasteiger partial charge is 0.164 e. The van der Waals surface area contributed by atoms with Crippen LogP contribution in [0.5, 0.6) is 0 Å². The molecular formula is C63H39N3. The summed E-state index contributed by atoms with van der Waals surface area (Å²) in [5.74, 6) is 1.91. The second kappa shape index (κ2) is 15.5. The van der Waals surface area contributed by atoms with Crippen molar-refractivity contribution in [3.8, 4) is 67.5 Å². The van der Waals surface area contributed by atoms with Crippen LogP contribution in [0.25, 0.3) is 132 Å². The Labute approximate surface area is 382 Å². The SMILES string of the molecule is c1ccc(-c2nc(-c3ccccc3)nc(-c3cc(-c4cccc(-c5cccc(-c6ccc7c8ccccc8c8ccccc8c7c6)c5)c4)cc4c5ccccc5c5ccccc5c34)n2)cc1. The number of nitrogens with zero attached hydrogens (tertiary/aromatic N) is 3. The molecule has 0 saturated heterocycles. The van der Waals surface area contributed by atoms with Crippen LogP contribution in [-0.2, 0) is 0 Å². The molecule has 0 aliphatic carbocycles. The highest BCUT2D eigenvalue weighted by atomic mass is 15.0. The summed E-state index contributed by atoms with van der Waals surface area (Å²) in [7, 11) is 0. The van der Waals surface area contributed by atoms with Crippen LogP contribution >= 0.6 is 0 Å². The van der Waals surface area contributed by atoms with Gasteiger partial charge in [-0.05, 0) is 123 Å². The minimum absolute atomic E-state index is 0.634. The van der Waals surface area contributed by atoms with Crippen molar-refractivity contribution < 1.29 is 0 Å². The summed E-state index contributed by atoms with van der Waals surface area (Å²) >= 11 is 0. The van der Waals surface area contributed by atoms with Crippen LogP contribution in [0, 0.1) is 0 Å². The van der Waals surface area contributed by atoms with Crippen molar-refractivity contribution in [3.05, 3.63) is 237 Å².